The molecule has 0 saturated heterocycles. The van der Waals surface area contributed by atoms with Gasteiger partial charge in [0.25, 0.3) is 0 Å². The predicted molar refractivity (Wildman–Crippen MR) is 80.0 cm³/mol. The van der Waals surface area contributed by atoms with Gasteiger partial charge in [-0.2, -0.15) is 0 Å². The lowest BCUT2D eigenvalue weighted by atomic mass is 9.90. The predicted octanol–water partition coefficient (Wildman–Crippen LogP) is 2.82. The van der Waals surface area contributed by atoms with Crippen LogP contribution >= 0.6 is 0 Å². The summed E-state index contributed by atoms with van der Waals surface area (Å²) < 4.78 is 0. The molecule has 1 aromatic rings. The fourth-order valence-electron chi connectivity index (χ4n) is 2.98. The van der Waals surface area contributed by atoms with Crippen molar-refractivity contribution in [3.8, 4) is 0 Å². The van der Waals surface area contributed by atoms with Crippen LogP contribution in [-0.2, 0) is 6.54 Å². The van der Waals surface area contributed by atoms with Gasteiger partial charge >= 0.3 is 0 Å². The number of rotatable bonds is 6. The molecule has 1 fully saturated rings. The van der Waals surface area contributed by atoms with E-state index in [1.165, 1.54) is 44.2 Å². The maximum Gasteiger partial charge on any atom is 0.0312 e. The third kappa shape index (κ3) is 4.59. The highest BCUT2D eigenvalue weighted by Gasteiger charge is 2.23. The SMILES string of the molecule is CCCNC1CCC(N(C)Cc2cccnc2)CC1. The first-order valence-corrected chi connectivity index (χ1v) is 7.62. The van der Waals surface area contributed by atoms with Crippen molar-refractivity contribution in [3.05, 3.63) is 30.1 Å². The molecule has 3 heteroatoms. The molecule has 1 aliphatic rings. The fraction of sp³-hybridized carbons (Fsp3) is 0.688. The van der Waals surface area contributed by atoms with Gasteiger partial charge in [-0.3, -0.25) is 9.88 Å². The topological polar surface area (TPSA) is 28.2 Å². The number of aromatic nitrogens is 1. The van der Waals surface area contributed by atoms with Crippen LogP contribution in [-0.4, -0.2) is 35.6 Å². The molecule has 0 bridgehead atoms. The quantitative estimate of drug-likeness (QED) is 0.853. The van der Waals surface area contributed by atoms with Crippen LogP contribution in [0, 0.1) is 0 Å². The van der Waals surface area contributed by atoms with E-state index in [2.05, 4.69) is 35.2 Å². The number of nitrogens with zero attached hydrogens (tertiary/aromatic N) is 2. The van der Waals surface area contributed by atoms with Gasteiger partial charge in [0.05, 0.1) is 0 Å². The Labute approximate surface area is 117 Å². The highest BCUT2D eigenvalue weighted by atomic mass is 15.1. The minimum atomic E-state index is 0.736. The molecule has 0 amide bonds. The molecule has 106 valence electrons. The summed E-state index contributed by atoms with van der Waals surface area (Å²) in [6.45, 7) is 4.42. The Morgan fingerprint density at radius 1 is 1.32 bits per heavy atom. The number of nitrogens with one attached hydrogen (secondary N) is 1. The Kier molecular flexibility index (Phi) is 5.80. The molecule has 0 aliphatic heterocycles. The first-order valence-electron chi connectivity index (χ1n) is 7.62. The maximum atomic E-state index is 4.19. The van der Waals surface area contributed by atoms with E-state index >= 15 is 0 Å². The molecule has 2 rings (SSSR count). The summed E-state index contributed by atoms with van der Waals surface area (Å²) in [6, 6.07) is 5.68. The van der Waals surface area contributed by atoms with Gasteiger partial charge in [-0.25, -0.2) is 0 Å². The monoisotopic (exact) mass is 261 g/mol. The lowest BCUT2D eigenvalue weighted by molar-refractivity contribution is 0.168. The largest absolute Gasteiger partial charge is 0.314 e. The van der Waals surface area contributed by atoms with Gasteiger partial charge in [-0.15, -0.1) is 0 Å². The molecule has 1 aliphatic carbocycles. The smallest absolute Gasteiger partial charge is 0.0312 e. The van der Waals surface area contributed by atoms with Crippen LogP contribution in [0.25, 0.3) is 0 Å². The Morgan fingerprint density at radius 2 is 2.11 bits per heavy atom. The van der Waals surface area contributed by atoms with Crippen molar-refractivity contribution in [1.29, 1.82) is 0 Å². The standard InChI is InChI=1S/C16H27N3/c1-3-10-18-15-6-8-16(9-7-15)19(2)13-14-5-4-11-17-12-14/h4-5,11-12,15-16,18H,3,6-10,13H2,1-2H3. The van der Waals surface area contributed by atoms with Crippen molar-refractivity contribution in [1.82, 2.24) is 15.2 Å². The van der Waals surface area contributed by atoms with Crippen LogP contribution < -0.4 is 5.32 Å². The molecule has 0 spiro atoms. The Morgan fingerprint density at radius 3 is 2.74 bits per heavy atom. The molecule has 0 unspecified atom stereocenters. The summed E-state index contributed by atoms with van der Waals surface area (Å²) in [7, 11) is 2.25. The molecule has 0 atom stereocenters. The van der Waals surface area contributed by atoms with Crippen molar-refractivity contribution in [3.63, 3.8) is 0 Å². The first-order chi connectivity index (χ1) is 9.29. The second-order valence-electron chi connectivity index (χ2n) is 5.74. The second kappa shape index (κ2) is 7.61. The number of pyridine rings is 1. The summed E-state index contributed by atoms with van der Waals surface area (Å²) in [5.41, 5.74) is 1.32. The van der Waals surface area contributed by atoms with Crippen molar-refractivity contribution in [2.75, 3.05) is 13.6 Å². The van der Waals surface area contributed by atoms with E-state index in [9.17, 15) is 0 Å². The van der Waals surface area contributed by atoms with Crippen molar-refractivity contribution in [2.45, 2.75) is 57.7 Å². The molecule has 0 aromatic carbocycles. The zero-order valence-electron chi connectivity index (χ0n) is 12.3. The molecule has 3 nitrogen and oxygen atoms in total. The van der Waals surface area contributed by atoms with Crippen molar-refractivity contribution < 1.29 is 0 Å². The van der Waals surface area contributed by atoms with Gasteiger partial charge in [0.2, 0.25) is 0 Å². The summed E-state index contributed by atoms with van der Waals surface area (Å²) in [4.78, 5) is 6.69. The molecule has 1 aromatic heterocycles. The molecular formula is C16H27N3. The first kappa shape index (κ1) is 14.5. The molecular weight excluding hydrogens is 234 g/mol. The van der Waals surface area contributed by atoms with Crippen LogP contribution in [0.2, 0.25) is 0 Å². The van der Waals surface area contributed by atoms with Crippen LogP contribution in [0.15, 0.2) is 24.5 Å². The third-order valence-corrected chi connectivity index (χ3v) is 4.16. The highest BCUT2D eigenvalue weighted by molar-refractivity contribution is 5.08. The fourth-order valence-corrected chi connectivity index (χ4v) is 2.98. The minimum Gasteiger partial charge on any atom is -0.314 e. The van der Waals surface area contributed by atoms with Gasteiger partial charge in [0.15, 0.2) is 0 Å². The van der Waals surface area contributed by atoms with E-state index in [0.717, 1.165) is 18.6 Å². The van der Waals surface area contributed by atoms with Gasteiger partial charge in [0, 0.05) is 31.0 Å². The zero-order valence-corrected chi connectivity index (χ0v) is 12.3. The van der Waals surface area contributed by atoms with Crippen molar-refractivity contribution in [2.24, 2.45) is 0 Å². The summed E-state index contributed by atoms with van der Waals surface area (Å²) in [5.74, 6) is 0. The van der Waals surface area contributed by atoms with E-state index in [1.54, 1.807) is 0 Å². The average Bonchev–Trinajstić information content (AvgIpc) is 2.46. The van der Waals surface area contributed by atoms with Gasteiger partial charge in [-0.1, -0.05) is 13.0 Å². The van der Waals surface area contributed by atoms with E-state index in [-0.39, 0.29) is 0 Å². The molecule has 0 radical (unpaired) electrons. The second-order valence-corrected chi connectivity index (χ2v) is 5.74. The number of hydrogen-bond donors (Lipinski definition) is 1. The molecule has 1 heterocycles. The zero-order chi connectivity index (χ0) is 13.5. The van der Waals surface area contributed by atoms with Crippen LogP contribution in [0.3, 0.4) is 0 Å². The van der Waals surface area contributed by atoms with E-state index in [1.807, 2.05) is 18.5 Å². The Bertz CT molecular complexity index is 344. The Hall–Kier alpha value is -0.930. The lowest BCUT2D eigenvalue weighted by Crippen LogP contribution is -2.40. The lowest BCUT2D eigenvalue weighted by Gasteiger charge is -2.35. The van der Waals surface area contributed by atoms with E-state index < -0.39 is 0 Å². The number of hydrogen-bond acceptors (Lipinski definition) is 3. The maximum absolute atomic E-state index is 4.19. The van der Waals surface area contributed by atoms with Crippen LogP contribution in [0.5, 0.6) is 0 Å². The van der Waals surface area contributed by atoms with E-state index in [0.29, 0.717) is 0 Å². The molecule has 1 saturated carbocycles. The molecule has 19 heavy (non-hydrogen) atoms. The summed E-state index contributed by atoms with van der Waals surface area (Å²) >= 11 is 0. The van der Waals surface area contributed by atoms with Gasteiger partial charge < -0.3 is 5.32 Å². The van der Waals surface area contributed by atoms with Crippen LogP contribution in [0.1, 0.15) is 44.6 Å². The van der Waals surface area contributed by atoms with Crippen LogP contribution in [0.4, 0.5) is 0 Å². The third-order valence-electron chi connectivity index (χ3n) is 4.16. The average molecular weight is 261 g/mol. The highest BCUT2D eigenvalue weighted by Crippen LogP contribution is 2.23. The Balaban J connectivity index is 1.74. The van der Waals surface area contributed by atoms with Crippen molar-refractivity contribution >= 4 is 0 Å². The van der Waals surface area contributed by atoms with E-state index in [4.69, 9.17) is 0 Å². The van der Waals surface area contributed by atoms with Gasteiger partial charge in [0.1, 0.15) is 0 Å². The summed E-state index contributed by atoms with van der Waals surface area (Å²) in [6.07, 6.45) is 10.3. The van der Waals surface area contributed by atoms with Gasteiger partial charge in [-0.05, 0) is 57.3 Å². The normalized spacial score (nSPS) is 23.7. The minimum absolute atomic E-state index is 0.736. The summed E-state index contributed by atoms with van der Waals surface area (Å²) in [5, 5.41) is 3.65. The molecule has 1 N–H and O–H groups in total.